The zero-order valence-corrected chi connectivity index (χ0v) is 17.4. The maximum Gasteiger partial charge on any atom is 0.198 e. The number of unbranched alkanes of at least 4 members (excludes halogenated alkanes) is 1. The highest BCUT2D eigenvalue weighted by Crippen LogP contribution is 2.33. The number of fused-ring (bicyclic) bond motifs is 1. The van der Waals surface area contributed by atoms with Crippen molar-refractivity contribution in [3.63, 3.8) is 0 Å². The first-order valence-electron chi connectivity index (χ1n) is 7.76. The van der Waals surface area contributed by atoms with Crippen molar-refractivity contribution in [2.45, 2.75) is 26.2 Å². The van der Waals surface area contributed by atoms with Crippen molar-refractivity contribution in [1.82, 2.24) is 0 Å². The molecule has 1 aromatic heterocycles. The molecule has 0 fully saturated rings. The zero-order valence-electron chi connectivity index (χ0n) is 13.1. The lowest BCUT2D eigenvalue weighted by atomic mass is 9.98. The average molecular weight is 546 g/mol. The maximum absolute atomic E-state index is 13.2. The summed E-state index contributed by atoms with van der Waals surface area (Å²) in [5.74, 6) is 0.898. The van der Waals surface area contributed by atoms with E-state index >= 15 is 0 Å². The van der Waals surface area contributed by atoms with Gasteiger partial charge in [0, 0.05) is 20.9 Å². The lowest BCUT2D eigenvalue weighted by Crippen LogP contribution is -2.07. The summed E-state index contributed by atoms with van der Waals surface area (Å²) < 4.78 is 7.43. The molecule has 3 aromatic rings. The topological polar surface area (TPSA) is 50.4 Å². The van der Waals surface area contributed by atoms with Gasteiger partial charge in [0.2, 0.25) is 0 Å². The van der Waals surface area contributed by atoms with Crippen LogP contribution in [-0.2, 0) is 6.42 Å². The second-order valence-corrected chi connectivity index (χ2v) is 7.75. The molecule has 0 radical (unpaired) electrons. The van der Waals surface area contributed by atoms with Crippen molar-refractivity contribution in [3.05, 3.63) is 60.4 Å². The first-order valence-corrected chi connectivity index (χ1v) is 9.92. The SMILES string of the molecule is CCCCc1oc2ccccc2c1C(=O)c1ccc(O)c(I)c1I. The Morgan fingerprint density at radius 3 is 2.62 bits per heavy atom. The van der Waals surface area contributed by atoms with Crippen molar-refractivity contribution in [1.29, 1.82) is 0 Å². The number of aryl methyl sites for hydroxylation is 1. The van der Waals surface area contributed by atoms with Gasteiger partial charge in [0.25, 0.3) is 0 Å². The Bertz CT molecular complexity index is 912. The van der Waals surface area contributed by atoms with Gasteiger partial charge in [0.15, 0.2) is 5.78 Å². The lowest BCUT2D eigenvalue weighted by Gasteiger charge is -2.08. The molecular formula is C19H16I2O3. The fraction of sp³-hybridized carbons (Fsp3) is 0.211. The van der Waals surface area contributed by atoms with Gasteiger partial charge in [-0.2, -0.15) is 0 Å². The molecule has 3 rings (SSSR count). The summed E-state index contributed by atoms with van der Waals surface area (Å²) in [7, 11) is 0. The third kappa shape index (κ3) is 3.20. The van der Waals surface area contributed by atoms with E-state index in [1.165, 1.54) is 0 Å². The number of hydrogen-bond donors (Lipinski definition) is 1. The Morgan fingerprint density at radius 2 is 1.88 bits per heavy atom. The Balaban J connectivity index is 2.17. The molecule has 0 saturated carbocycles. The van der Waals surface area contributed by atoms with E-state index in [2.05, 4.69) is 52.1 Å². The van der Waals surface area contributed by atoms with Crippen LogP contribution in [0.3, 0.4) is 0 Å². The molecular weight excluding hydrogens is 530 g/mol. The summed E-state index contributed by atoms with van der Waals surface area (Å²) in [6.07, 6.45) is 2.77. The second kappa shape index (κ2) is 7.43. The first kappa shape index (κ1) is 17.7. The lowest BCUT2D eigenvalue weighted by molar-refractivity contribution is 0.103. The largest absolute Gasteiger partial charge is 0.507 e. The Kier molecular flexibility index (Phi) is 5.49. The van der Waals surface area contributed by atoms with E-state index in [0.29, 0.717) is 14.7 Å². The molecule has 3 nitrogen and oxygen atoms in total. The second-order valence-electron chi connectivity index (χ2n) is 5.59. The average Bonchev–Trinajstić information content (AvgIpc) is 2.95. The van der Waals surface area contributed by atoms with Crippen LogP contribution in [0.1, 0.15) is 41.4 Å². The molecule has 2 aromatic carbocycles. The molecule has 1 N–H and O–H groups in total. The molecule has 24 heavy (non-hydrogen) atoms. The van der Waals surface area contributed by atoms with Gasteiger partial charge < -0.3 is 9.52 Å². The van der Waals surface area contributed by atoms with E-state index in [1.807, 2.05) is 24.3 Å². The van der Waals surface area contributed by atoms with Crippen LogP contribution >= 0.6 is 45.2 Å². The van der Waals surface area contributed by atoms with E-state index in [0.717, 1.165) is 39.6 Å². The van der Waals surface area contributed by atoms with Crippen molar-refractivity contribution in [2.75, 3.05) is 0 Å². The van der Waals surface area contributed by atoms with Crippen molar-refractivity contribution < 1.29 is 14.3 Å². The number of halogens is 2. The number of furan rings is 1. The molecule has 0 spiro atoms. The predicted octanol–water partition coefficient (Wildman–Crippen LogP) is 5.92. The van der Waals surface area contributed by atoms with E-state index in [4.69, 9.17) is 4.42 Å². The molecule has 1 heterocycles. The highest BCUT2D eigenvalue weighted by molar-refractivity contribution is 14.1. The van der Waals surface area contributed by atoms with Crippen LogP contribution in [0.5, 0.6) is 5.75 Å². The van der Waals surface area contributed by atoms with Gasteiger partial charge in [-0.25, -0.2) is 0 Å². The fourth-order valence-electron chi connectivity index (χ4n) is 2.71. The molecule has 5 heteroatoms. The number of para-hydroxylation sites is 1. The van der Waals surface area contributed by atoms with E-state index < -0.39 is 0 Å². The van der Waals surface area contributed by atoms with Crippen LogP contribution < -0.4 is 0 Å². The Hall–Kier alpha value is -1.09. The van der Waals surface area contributed by atoms with Crippen LogP contribution in [-0.4, -0.2) is 10.9 Å². The third-order valence-electron chi connectivity index (χ3n) is 3.96. The number of carbonyl (C=O) groups excluding carboxylic acids is 1. The highest BCUT2D eigenvalue weighted by Gasteiger charge is 2.24. The molecule has 0 amide bonds. The van der Waals surface area contributed by atoms with Crippen LogP contribution in [0.25, 0.3) is 11.0 Å². The predicted molar refractivity (Wildman–Crippen MR) is 112 cm³/mol. The number of hydrogen-bond acceptors (Lipinski definition) is 3. The fourth-order valence-corrected chi connectivity index (χ4v) is 3.88. The normalized spacial score (nSPS) is 11.1. The summed E-state index contributed by atoms with van der Waals surface area (Å²) in [6.45, 7) is 2.12. The van der Waals surface area contributed by atoms with Gasteiger partial charge in [-0.1, -0.05) is 31.5 Å². The van der Waals surface area contributed by atoms with E-state index in [1.54, 1.807) is 12.1 Å². The van der Waals surface area contributed by atoms with Gasteiger partial charge in [-0.3, -0.25) is 4.79 Å². The number of phenols is 1. The van der Waals surface area contributed by atoms with Gasteiger partial charge >= 0.3 is 0 Å². The van der Waals surface area contributed by atoms with Crippen molar-refractivity contribution in [3.8, 4) is 5.75 Å². The number of aromatic hydroxyl groups is 1. The molecule has 0 aliphatic rings. The first-order chi connectivity index (χ1) is 11.5. The third-order valence-corrected chi connectivity index (χ3v) is 7.20. The van der Waals surface area contributed by atoms with Crippen LogP contribution in [0.2, 0.25) is 0 Å². The number of carbonyl (C=O) groups is 1. The molecule has 0 bridgehead atoms. The standard InChI is InChI=1S/C19H16I2O3/c1-2-3-7-15-16(11-6-4-5-8-14(11)24-15)19(23)12-9-10-13(22)18(21)17(12)20/h4-6,8-10,22H,2-3,7H2,1H3. The van der Waals surface area contributed by atoms with Crippen LogP contribution in [0.4, 0.5) is 0 Å². The number of phenolic OH excluding ortho intramolecular Hbond substituents is 1. The Morgan fingerprint density at radius 1 is 1.12 bits per heavy atom. The summed E-state index contributed by atoms with van der Waals surface area (Å²) >= 11 is 4.18. The number of benzene rings is 2. The quantitative estimate of drug-likeness (QED) is 0.320. The number of ketones is 1. The molecule has 0 unspecified atom stereocenters. The molecule has 0 saturated heterocycles. The van der Waals surface area contributed by atoms with Crippen LogP contribution in [0, 0.1) is 7.14 Å². The minimum absolute atomic E-state index is 0.0478. The molecule has 0 atom stereocenters. The Labute approximate surface area is 167 Å². The summed E-state index contributed by atoms with van der Waals surface area (Å²) in [6, 6.07) is 10.9. The van der Waals surface area contributed by atoms with Gasteiger partial charge in [0.05, 0.1) is 9.13 Å². The van der Waals surface area contributed by atoms with E-state index in [-0.39, 0.29) is 11.5 Å². The highest BCUT2D eigenvalue weighted by atomic mass is 127. The van der Waals surface area contributed by atoms with Crippen molar-refractivity contribution in [2.24, 2.45) is 0 Å². The smallest absolute Gasteiger partial charge is 0.198 e. The summed E-state index contributed by atoms with van der Waals surface area (Å²) in [5, 5.41) is 10.7. The minimum Gasteiger partial charge on any atom is -0.507 e. The zero-order chi connectivity index (χ0) is 17.3. The molecule has 0 aliphatic heterocycles. The van der Waals surface area contributed by atoms with Gasteiger partial charge in [0.1, 0.15) is 17.1 Å². The van der Waals surface area contributed by atoms with Gasteiger partial charge in [-0.15, -0.1) is 0 Å². The summed E-state index contributed by atoms with van der Waals surface area (Å²) in [4.78, 5) is 13.2. The van der Waals surface area contributed by atoms with Crippen molar-refractivity contribution >= 4 is 61.9 Å². The van der Waals surface area contributed by atoms with Gasteiger partial charge in [-0.05, 0) is 69.8 Å². The molecule has 0 aliphatic carbocycles. The monoisotopic (exact) mass is 546 g/mol. The maximum atomic E-state index is 13.2. The minimum atomic E-state index is -0.0478. The molecule has 124 valence electrons. The van der Waals surface area contributed by atoms with Crippen LogP contribution in [0.15, 0.2) is 40.8 Å². The summed E-state index contributed by atoms with van der Waals surface area (Å²) in [5.41, 5.74) is 2.00. The number of rotatable bonds is 5. The van der Waals surface area contributed by atoms with E-state index in [9.17, 15) is 9.90 Å².